The largest absolute Gasteiger partial charge is 0.463 e. The molecule has 0 aromatic rings. The first-order valence-electron chi connectivity index (χ1n) is 5.95. The fraction of sp³-hybridized carbons (Fsp3) is 0.917. The minimum Gasteiger partial charge on any atom is -0.463 e. The van der Waals surface area contributed by atoms with Crippen LogP contribution in [0.15, 0.2) is 0 Å². The molecule has 88 valence electrons. The number of likely N-dealkylation sites (tertiary alicyclic amines) is 1. The number of esters is 1. The van der Waals surface area contributed by atoms with Crippen LogP contribution in [0.2, 0.25) is 0 Å². The Labute approximate surface area is 92.8 Å². The van der Waals surface area contributed by atoms with E-state index in [4.69, 9.17) is 4.74 Å². The second kappa shape index (κ2) is 5.50. The van der Waals surface area contributed by atoms with Crippen LogP contribution >= 0.6 is 0 Å². The van der Waals surface area contributed by atoms with Crippen LogP contribution in [0.1, 0.15) is 40.5 Å². The Kier molecular flexibility index (Phi) is 4.58. The molecule has 0 aromatic heterocycles. The lowest BCUT2D eigenvalue weighted by molar-refractivity contribution is -0.154. The van der Waals surface area contributed by atoms with Gasteiger partial charge in [-0.15, -0.1) is 0 Å². The molecule has 0 unspecified atom stereocenters. The average Bonchev–Trinajstić information content (AvgIpc) is 2.17. The second-order valence-corrected chi connectivity index (χ2v) is 4.89. The molecule has 0 aliphatic carbocycles. The maximum Gasteiger partial charge on any atom is 0.309 e. The van der Waals surface area contributed by atoms with Crippen LogP contribution in [-0.4, -0.2) is 36.1 Å². The Bertz CT molecular complexity index is 206. The lowest BCUT2D eigenvalue weighted by atomic mass is 9.96. The van der Waals surface area contributed by atoms with E-state index in [2.05, 4.69) is 18.7 Å². The van der Waals surface area contributed by atoms with Crippen molar-refractivity contribution >= 4 is 5.97 Å². The number of rotatable bonds is 3. The van der Waals surface area contributed by atoms with Gasteiger partial charge in [-0.25, -0.2) is 0 Å². The molecule has 0 bridgehead atoms. The summed E-state index contributed by atoms with van der Waals surface area (Å²) in [5, 5.41) is 0. The molecule has 0 amide bonds. The van der Waals surface area contributed by atoms with Crippen LogP contribution in [0.5, 0.6) is 0 Å². The first-order chi connectivity index (χ1) is 7.00. The van der Waals surface area contributed by atoms with Gasteiger partial charge in [0.05, 0.1) is 12.0 Å². The molecule has 1 aliphatic rings. The zero-order chi connectivity index (χ0) is 11.4. The molecule has 1 fully saturated rings. The smallest absolute Gasteiger partial charge is 0.309 e. The van der Waals surface area contributed by atoms with Crippen molar-refractivity contribution in [2.24, 2.45) is 5.92 Å². The highest BCUT2D eigenvalue weighted by Crippen LogP contribution is 2.20. The fourth-order valence-electron chi connectivity index (χ4n) is 1.98. The maximum atomic E-state index is 11.6. The van der Waals surface area contributed by atoms with E-state index < -0.39 is 0 Å². The molecule has 15 heavy (non-hydrogen) atoms. The molecular weight excluding hydrogens is 190 g/mol. The van der Waals surface area contributed by atoms with Gasteiger partial charge in [-0.1, -0.05) is 0 Å². The molecule has 0 aromatic carbocycles. The summed E-state index contributed by atoms with van der Waals surface area (Å²) >= 11 is 0. The van der Waals surface area contributed by atoms with Crippen LogP contribution < -0.4 is 0 Å². The van der Waals surface area contributed by atoms with Crippen molar-refractivity contribution in [2.45, 2.75) is 52.7 Å². The lowest BCUT2D eigenvalue weighted by Gasteiger charge is -2.33. The summed E-state index contributed by atoms with van der Waals surface area (Å²) < 4.78 is 5.23. The summed E-state index contributed by atoms with van der Waals surface area (Å²) in [6.07, 6.45) is 1.91. The van der Waals surface area contributed by atoms with Gasteiger partial charge in [0.15, 0.2) is 0 Å². The number of nitrogens with zero attached hydrogens (tertiary/aromatic N) is 1. The van der Waals surface area contributed by atoms with E-state index in [1.54, 1.807) is 0 Å². The Morgan fingerprint density at radius 3 is 2.13 bits per heavy atom. The summed E-state index contributed by atoms with van der Waals surface area (Å²) in [5.41, 5.74) is 0. The number of hydrogen-bond donors (Lipinski definition) is 0. The van der Waals surface area contributed by atoms with Gasteiger partial charge >= 0.3 is 5.97 Å². The lowest BCUT2D eigenvalue weighted by Crippen LogP contribution is -2.40. The third kappa shape index (κ3) is 3.82. The van der Waals surface area contributed by atoms with Crippen molar-refractivity contribution in [1.82, 2.24) is 4.90 Å². The van der Waals surface area contributed by atoms with E-state index in [1.807, 2.05) is 13.8 Å². The van der Waals surface area contributed by atoms with Gasteiger partial charge < -0.3 is 9.64 Å². The van der Waals surface area contributed by atoms with Crippen LogP contribution in [0, 0.1) is 5.92 Å². The van der Waals surface area contributed by atoms with Gasteiger partial charge in [0.1, 0.15) is 0 Å². The molecule has 1 rings (SSSR count). The van der Waals surface area contributed by atoms with Gasteiger partial charge in [-0.2, -0.15) is 0 Å². The van der Waals surface area contributed by atoms with E-state index >= 15 is 0 Å². The number of ether oxygens (including phenoxy) is 1. The van der Waals surface area contributed by atoms with E-state index in [0.717, 1.165) is 25.9 Å². The molecule has 1 aliphatic heterocycles. The van der Waals surface area contributed by atoms with Crippen molar-refractivity contribution in [1.29, 1.82) is 0 Å². The van der Waals surface area contributed by atoms with Gasteiger partial charge in [0.25, 0.3) is 0 Å². The summed E-state index contributed by atoms with van der Waals surface area (Å²) in [4.78, 5) is 14.1. The topological polar surface area (TPSA) is 29.5 Å². The van der Waals surface area contributed by atoms with Crippen molar-refractivity contribution in [3.63, 3.8) is 0 Å². The highest BCUT2D eigenvalue weighted by atomic mass is 16.5. The molecule has 0 atom stereocenters. The molecule has 0 spiro atoms. The van der Waals surface area contributed by atoms with E-state index in [1.165, 1.54) is 0 Å². The molecular formula is C12H23NO2. The molecule has 1 saturated heterocycles. The summed E-state index contributed by atoms with van der Waals surface area (Å²) in [6, 6.07) is 0.590. The number of carbonyl (C=O) groups is 1. The van der Waals surface area contributed by atoms with Gasteiger partial charge in [0, 0.05) is 6.04 Å². The van der Waals surface area contributed by atoms with E-state index in [0.29, 0.717) is 6.04 Å². The number of piperidine rings is 1. The molecule has 3 heteroatoms. The molecule has 3 nitrogen and oxygen atoms in total. The van der Waals surface area contributed by atoms with E-state index in [-0.39, 0.29) is 18.0 Å². The average molecular weight is 213 g/mol. The summed E-state index contributed by atoms with van der Waals surface area (Å²) in [5.74, 6) is 0.121. The summed E-state index contributed by atoms with van der Waals surface area (Å²) in [6.45, 7) is 10.3. The third-order valence-corrected chi connectivity index (χ3v) is 2.95. The predicted molar refractivity (Wildman–Crippen MR) is 60.7 cm³/mol. The van der Waals surface area contributed by atoms with Crippen LogP contribution in [0.4, 0.5) is 0 Å². The Hall–Kier alpha value is -0.570. The summed E-state index contributed by atoms with van der Waals surface area (Å²) in [7, 11) is 0. The minimum atomic E-state index is -0.00611. The zero-order valence-electron chi connectivity index (χ0n) is 10.3. The zero-order valence-corrected chi connectivity index (χ0v) is 10.3. The number of carbonyl (C=O) groups excluding carboxylic acids is 1. The van der Waals surface area contributed by atoms with Crippen molar-refractivity contribution in [3.8, 4) is 0 Å². The van der Waals surface area contributed by atoms with Gasteiger partial charge in [-0.05, 0) is 53.6 Å². The van der Waals surface area contributed by atoms with Crippen LogP contribution in [0.25, 0.3) is 0 Å². The second-order valence-electron chi connectivity index (χ2n) is 4.89. The Balaban J connectivity index is 2.34. The van der Waals surface area contributed by atoms with Crippen LogP contribution in [-0.2, 0) is 9.53 Å². The maximum absolute atomic E-state index is 11.6. The molecule has 0 radical (unpaired) electrons. The van der Waals surface area contributed by atoms with E-state index in [9.17, 15) is 4.79 Å². The number of hydrogen-bond acceptors (Lipinski definition) is 3. The SMILES string of the molecule is CC(C)OC(=O)C1CCN(C(C)C)CC1. The molecule has 1 heterocycles. The monoisotopic (exact) mass is 213 g/mol. The van der Waals surface area contributed by atoms with Gasteiger partial charge in [-0.3, -0.25) is 4.79 Å². The fourth-order valence-corrected chi connectivity index (χ4v) is 1.98. The molecule has 0 saturated carbocycles. The highest BCUT2D eigenvalue weighted by molar-refractivity contribution is 5.72. The standard InChI is InChI=1S/C12H23NO2/c1-9(2)13-7-5-11(6-8-13)12(14)15-10(3)4/h9-11H,5-8H2,1-4H3. The first kappa shape index (κ1) is 12.5. The van der Waals surface area contributed by atoms with Crippen molar-refractivity contribution in [3.05, 3.63) is 0 Å². The predicted octanol–water partition coefficient (Wildman–Crippen LogP) is 2.06. The normalized spacial score (nSPS) is 19.9. The Morgan fingerprint density at radius 1 is 1.20 bits per heavy atom. The Morgan fingerprint density at radius 2 is 1.73 bits per heavy atom. The highest BCUT2D eigenvalue weighted by Gasteiger charge is 2.27. The first-order valence-corrected chi connectivity index (χ1v) is 5.95. The molecule has 0 N–H and O–H groups in total. The minimum absolute atomic E-state index is 0.00611. The van der Waals surface area contributed by atoms with Gasteiger partial charge in [0.2, 0.25) is 0 Å². The van der Waals surface area contributed by atoms with Crippen molar-refractivity contribution in [2.75, 3.05) is 13.1 Å². The quantitative estimate of drug-likeness (QED) is 0.672. The third-order valence-electron chi connectivity index (χ3n) is 2.95. The van der Waals surface area contributed by atoms with Crippen molar-refractivity contribution < 1.29 is 9.53 Å². The van der Waals surface area contributed by atoms with Crippen LogP contribution in [0.3, 0.4) is 0 Å².